The Morgan fingerprint density at radius 1 is 1.58 bits per heavy atom. The number of amides is 2. The summed E-state index contributed by atoms with van der Waals surface area (Å²) in [5.41, 5.74) is 0.901. The summed E-state index contributed by atoms with van der Waals surface area (Å²) in [7, 11) is 1.80. The van der Waals surface area contributed by atoms with Crippen molar-refractivity contribution < 1.29 is 14.7 Å². The first-order valence-electron chi connectivity index (χ1n) is 6.17. The van der Waals surface area contributed by atoms with Crippen molar-refractivity contribution in [1.29, 1.82) is 0 Å². The van der Waals surface area contributed by atoms with Gasteiger partial charge in [0.25, 0.3) is 0 Å². The molecule has 1 aromatic heterocycles. The van der Waals surface area contributed by atoms with E-state index in [0.717, 1.165) is 5.56 Å². The van der Waals surface area contributed by atoms with Crippen molar-refractivity contribution in [3.63, 3.8) is 0 Å². The van der Waals surface area contributed by atoms with Crippen molar-refractivity contribution in [3.8, 4) is 0 Å². The number of hydrogen-bond acceptors (Lipinski definition) is 3. The maximum atomic E-state index is 12.0. The van der Waals surface area contributed by atoms with Gasteiger partial charge in [0.2, 0.25) is 0 Å². The summed E-state index contributed by atoms with van der Waals surface area (Å²) in [6.45, 7) is 4.39. The number of aryl methyl sites for hydroxylation is 1. The van der Waals surface area contributed by atoms with Crippen LogP contribution < -0.4 is 5.32 Å². The van der Waals surface area contributed by atoms with Gasteiger partial charge >= 0.3 is 12.0 Å². The predicted molar refractivity (Wildman–Crippen MR) is 69.5 cm³/mol. The lowest BCUT2D eigenvalue weighted by Gasteiger charge is -2.27. The maximum Gasteiger partial charge on any atom is 0.317 e. The van der Waals surface area contributed by atoms with Gasteiger partial charge in [0.1, 0.15) is 0 Å². The molecule has 1 atom stereocenters. The van der Waals surface area contributed by atoms with Crippen LogP contribution in [-0.2, 0) is 18.4 Å². The van der Waals surface area contributed by atoms with E-state index in [9.17, 15) is 9.59 Å². The van der Waals surface area contributed by atoms with Crippen molar-refractivity contribution in [2.24, 2.45) is 7.05 Å². The fraction of sp³-hybridized carbons (Fsp3) is 0.583. The number of rotatable bonds is 6. The number of aliphatic carboxylic acids is 1. The molecular formula is C12H20N4O3. The summed E-state index contributed by atoms with van der Waals surface area (Å²) < 4.78 is 1.66. The fourth-order valence-corrected chi connectivity index (χ4v) is 1.86. The van der Waals surface area contributed by atoms with Gasteiger partial charge in [0, 0.05) is 37.9 Å². The SMILES string of the molecule is CCN(C(=O)NCc1cnn(C)c1)C(C)CC(=O)O. The quantitative estimate of drug-likeness (QED) is 0.799. The molecule has 0 aliphatic carbocycles. The van der Waals surface area contributed by atoms with Gasteiger partial charge < -0.3 is 15.3 Å². The smallest absolute Gasteiger partial charge is 0.317 e. The van der Waals surface area contributed by atoms with Crippen LogP contribution in [-0.4, -0.2) is 44.4 Å². The highest BCUT2D eigenvalue weighted by atomic mass is 16.4. The number of urea groups is 1. The summed E-state index contributed by atoms with van der Waals surface area (Å²) in [5, 5.41) is 15.5. The predicted octanol–water partition coefficient (Wildman–Crippen LogP) is 0.815. The van der Waals surface area contributed by atoms with Crippen LogP contribution in [0.5, 0.6) is 0 Å². The Kier molecular flexibility index (Phi) is 5.35. The first-order chi connectivity index (χ1) is 8.93. The second-order valence-corrected chi connectivity index (χ2v) is 4.41. The third kappa shape index (κ3) is 4.61. The minimum Gasteiger partial charge on any atom is -0.481 e. The Bertz CT molecular complexity index is 444. The lowest BCUT2D eigenvalue weighted by atomic mass is 10.2. The molecule has 19 heavy (non-hydrogen) atoms. The molecular weight excluding hydrogens is 248 g/mol. The van der Waals surface area contributed by atoms with Crippen LogP contribution in [0.25, 0.3) is 0 Å². The number of nitrogens with one attached hydrogen (secondary N) is 1. The molecule has 0 bridgehead atoms. The number of carbonyl (C=O) groups is 2. The first kappa shape index (κ1) is 15.0. The van der Waals surface area contributed by atoms with E-state index in [1.54, 1.807) is 24.9 Å². The molecule has 7 heteroatoms. The van der Waals surface area contributed by atoms with E-state index in [1.165, 1.54) is 4.90 Å². The van der Waals surface area contributed by atoms with E-state index in [4.69, 9.17) is 5.11 Å². The summed E-state index contributed by atoms with van der Waals surface area (Å²) in [5.74, 6) is -0.911. The van der Waals surface area contributed by atoms with Gasteiger partial charge in [-0.05, 0) is 13.8 Å². The minimum absolute atomic E-state index is 0.0614. The molecule has 1 rings (SSSR count). The van der Waals surface area contributed by atoms with E-state index in [-0.39, 0.29) is 18.5 Å². The second-order valence-electron chi connectivity index (χ2n) is 4.41. The van der Waals surface area contributed by atoms with Crippen molar-refractivity contribution in [1.82, 2.24) is 20.0 Å². The Labute approximate surface area is 112 Å². The lowest BCUT2D eigenvalue weighted by Crippen LogP contribution is -2.45. The molecule has 2 amide bonds. The standard InChI is InChI=1S/C12H20N4O3/c1-4-16(9(2)5-11(17)18)12(19)13-6-10-7-14-15(3)8-10/h7-9H,4-6H2,1-3H3,(H,13,19)(H,17,18). The molecule has 106 valence electrons. The highest BCUT2D eigenvalue weighted by molar-refractivity contribution is 5.75. The lowest BCUT2D eigenvalue weighted by molar-refractivity contribution is -0.138. The van der Waals surface area contributed by atoms with Gasteiger partial charge in [-0.15, -0.1) is 0 Å². The van der Waals surface area contributed by atoms with E-state index >= 15 is 0 Å². The largest absolute Gasteiger partial charge is 0.481 e. The van der Waals surface area contributed by atoms with Crippen LogP contribution in [0, 0.1) is 0 Å². The van der Waals surface area contributed by atoms with Gasteiger partial charge in [0.05, 0.1) is 12.6 Å². The number of aromatic nitrogens is 2. The molecule has 2 N–H and O–H groups in total. The van der Waals surface area contributed by atoms with Gasteiger partial charge in [-0.1, -0.05) is 0 Å². The molecule has 1 unspecified atom stereocenters. The van der Waals surface area contributed by atoms with Crippen molar-refractivity contribution in [2.45, 2.75) is 32.9 Å². The average Bonchev–Trinajstić information content (AvgIpc) is 2.72. The van der Waals surface area contributed by atoms with Crippen molar-refractivity contribution in [3.05, 3.63) is 18.0 Å². The number of nitrogens with zero attached hydrogens (tertiary/aromatic N) is 3. The number of carbonyl (C=O) groups excluding carboxylic acids is 1. The van der Waals surface area contributed by atoms with Crippen LogP contribution in [0.3, 0.4) is 0 Å². The Hall–Kier alpha value is -2.05. The molecule has 0 radical (unpaired) electrons. The molecule has 0 aliphatic rings. The first-order valence-corrected chi connectivity index (χ1v) is 6.17. The molecule has 0 aromatic carbocycles. The van der Waals surface area contributed by atoms with E-state index in [2.05, 4.69) is 10.4 Å². The van der Waals surface area contributed by atoms with E-state index in [0.29, 0.717) is 13.1 Å². The van der Waals surface area contributed by atoms with Gasteiger partial charge in [-0.3, -0.25) is 9.48 Å². The van der Waals surface area contributed by atoms with Crippen LogP contribution in [0.2, 0.25) is 0 Å². The highest BCUT2D eigenvalue weighted by Crippen LogP contribution is 2.05. The maximum absolute atomic E-state index is 12.0. The zero-order chi connectivity index (χ0) is 14.4. The normalized spacial score (nSPS) is 11.9. The highest BCUT2D eigenvalue weighted by Gasteiger charge is 2.20. The number of carboxylic acids is 1. The number of hydrogen-bond donors (Lipinski definition) is 2. The Morgan fingerprint density at radius 3 is 2.74 bits per heavy atom. The topological polar surface area (TPSA) is 87.5 Å². The summed E-state index contributed by atoms with van der Waals surface area (Å²) in [6, 6.07) is -0.600. The third-order valence-corrected chi connectivity index (χ3v) is 2.81. The molecule has 0 fully saturated rings. The van der Waals surface area contributed by atoms with Crippen LogP contribution in [0.1, 0.15) is 25.8 Å². The van der Waals surface area contributed by atoms with Crippen molar-refractivity contribution in [2.75, 3.05) is 6.54 Å². The van der Waals surface area contributed by atoms with Crippen LogP contribution in [0.4, 0.5) is 4.79 Å². The molecule has 0 spiro atoms. The zero-order valence-electron chi connectivity index (χ0n) is 11.5. The molecule has 7 nitrogen and oxygen atoms in total. The molecule has 0 saturated heterocycles. The Morgan fingerprint density at radius 2 is 2.26 bits per heavy atom. The van der Waals surface area contributed by atoms with Gasteiger partial charge in [0.15, 0.2) is 0 Å². The summed E-state index contributed by atoms with van der Waals surface area (Å²) >= 11 is 0. The third-order valence-electron chi connectivity index (χ3n) is 2.81. The molecule has 0 saturated carbocycles. The number of carboxylic acid groups (broad SMARTS) is 1. The summed E-state index contributed by atoms with van der Waals surface area (Å²) in [6.07, 6.45) is 3.43. The minimum atomic E-state index is -0.911. The zero-order valence-corrected chi connectivity index (χ0v) is 11.5. The van der Waals surface area contributed by atoms with E-state index < -0.39 is 5.97 Å². The van der Waals surface area contributed by atoms with Gasteiger partial charge in [-0.25, -0.2) is 4.79 Å². The Balaban J connectivity index is 2.51. The van der Waals surface area contributed by atoms with Crippen LogP contribution >= 0.6 is 0 Å². The average molecular weight is 268 g/mol. The van der Waals surface area contributed by atoms with E-state index in [1.807, 2.05) is 13.1 Å². The molecule has 1 aromatic rings. The monoisotopic (exact) mass is 268 g/mol. The fourth-order valence-electron chi connectivity index (χ4n) is 1.86. The second kappa shape index (κ2) is 6.77. The molecule has 0 aliphatic heterocycles. The van der Waals surface area contributed by atoms with Gasteiger partial charge in [-0.2, -0.15) is 5.10 Å². The van der Waals surface area contributed by atoms with Crippen LogP contribution in [0.15, 0.2) is 12.4 Å². The van der Waals surface area contributed by atoms with Crippen molar-refractivity contribution >= 4 is 12.0 Å². The summed E-state index contributed by atoms with van der Waals surface area (Å²) in [4.78, 5) is 24.1. The molecule has 1 heterocycles.